The maximum absolute atomic E-state index is 14.3. The first-order valence-corrected chi connectivity index (χ1v) is 8.33. The van der Waals surface area contributed by atoms with Gasteiger partial charge in [-0.3, -0.25) is 0 Å². The van der Waals surface area contributed by atoms with E-state index in [9.17, 15) is 14.0 Å². The van der Waals surface area contributed by atoms with Crippen LogP contribution in [-0.2, 0) is 0 Å². The summed E-state index contributed by atoms with van der Waals surface area (Å²) in [5.41, 5.74) is 0.855. The highest BCUT2D eigenvalue weighted by Gasteiger charge is 2.18. The van der Waals surface area contributed by atoms with Crippen molar-refractivity contribution in [2.75, 3.05) is 5.32 Å². The molecule has 0 saturated heterocycles. The van der Waals surface area contributed by atoms with E-state index in [1.807, 2.05) is 6.07 Å². The van der Waals surface area contributed by atoms with Crippen LogP contribution in [0.1, 0.15) is 11.3 Å². The Balaban J connectivity index is 1.88. The monoisotopic (exact) mass is 397 g/mol. The maximum Gasteiger partial charge on any atom is 0.169 e. The van der Waals surface area contributed by atoms with E-state index in [0.717, 1.165) is 24.0 Å². The minimum absolute atomic E-state index is 0.00700. The first-order chi connectivity index (χ1) is 13.5. The van der Waals surface area contributed by atoms with E-state index in [1.54, 1.807) is 13.0 Å². The van der Waals surface area contributed by atoms with Crippen LogP contribution in [-0.4, -0.2) is 24.7 Å². The Morgan fingerprint density at radius 2 is 2.00 bits per heavy atom. The number of aryl methyl sites for hydroxylation is 1. The number of nitrogens with one attached hydrogen (secondary N) is 1. The molecule has 28 heavy (non-hydrogen) atoms. The second-order valence-corrected chi connectivity index (χ2v) is 6.26. The van der Waals surface area contributed by atoms with Crippen LogP contribution in [0.25, 0.3) is 16.6 Å². The number of halogens is 3. The van der Waals surface area contributed by atoms with Crippen molar-refractivity contribution in [3.63, 3.8) is 0 Å². The minimum Gasteiger partial charge on any atom is -0.324 e. The smallest absolute Gasteiger partial charge is 0.169 e. The normalized spacial score (nSPS) is 10.8. The zero-order valence-corrected chi connectivity index (χ0v) is 15.0. The summed E-state index contributed by atoms with van der Waals surface area (Å²) in [4.78, 5) is 12.2. The van der Waals surface area contributed by atoms with Crippen LogP contribution in [0.15, 0.2) is 36.9 Å². The summed E-state index contributed by atoms with van der Waals surface area (Å²) in [7, 11) is 0. The number of aromatic nitrogens is 5. The number of rotatable bonds is 3. The standard InChI is InChI=1S/C18H10ClF2N7/c1-9-2-15(25-8-24-9)26-18-12-7-28(27-16(12)14(21)6-23-18)17-10(5-22)3-11(20)4-13(17)19/h2-4,6-8H,1H3,(H,23,24,25,26). The Kier molecular flexibility index (Phi) is 4.33. The third-order valence-corrected chi connectivity index (χ3v) is 4.22. The largest absolute Gasteiger partial charge is 0.324 e. The lowest BCUT2D eigenvalue weighted by Gasteiger charge is -2.06. The minimum atomic E-state index is -0.657. The van der Waals surface area contributed by atoms with Crippen molar-refractivity contribution in [3.8, 4) is 11.8 Å². The van der Waals surface area contributed by atoms with E-state index in [2.05, 4.69) is 25.4 Å². The average Bonchev–Trinajstić information content (AvgIpc) is 3.09. The lowest BCUT2D eigenvalue weighted by atomic mass is 10.2. The molecule has 4 aromatic rings. The summed E-state index contributed by atoms with van der Waals surface area (Å²) >= 11 is 6.11. The molecule has 0 saturated carbocycles. The second-order valence-electron chi connectivity index (χ2n) is 5.86. The topological polar surface area (TPSA) is 92.3 Å². The highest BCUT2D eigenvalue weighted by molar-refractivity contribution is 6.32. The van der Waals surface area contributed by atoms with Crippen molar-refractivity contribution < 1.29 is 8.78 Å². The second kappa shape index (κ2) is 6.83. The molecule has 4 rings (SSSR count). The van der Waals surface area contributed by atoms with Crippen molar-refractivity contribution in [2.45, 2.75) is 6.92 Å². The number of hydrogen-bond acceptors (Lipinski definition) is 6. The van der Waals surface area contributed by atoms with Gasteiger partial charge < -0.3 is 5.32 Å². The molecule has 10 heteroatoms. The third kappa shape index (κ3) is 3.10. The van der Waals surface area contributed by atoms with Crippen LogP contribution < -0.4 is 5.32 Å². The Labute approximate surface area is 162 Å². The molecular weight excluding hydrogens is 388 g/mol. The number of fused-ring (bicyclic) bond motifs is 1. The van der Waals surface area contributed by atoms with Crippen LogP contribution in [0.5, 0.6) is 0 Å². The zero-order valence-electron chi connectivity index (χ0n) is 14.3. The van der Waals surface area contributed by atoms with Gasteiger partial charge in [0.2, 0.25) is 0 Å². The fourth-order valence-corrected chi connectivity index (χ4v) is 3.01. The van der Waals surface area contributed by atoms with Gasteiger partial charge in [0.05, 0.1) is 22.2 Å². The molecule has 0 unspecified atom stereocenters. The lowest BCUT2D eigenvalue weighted by molar-refractivity contribution is 0.625. The van der Waals surface area contributed by atoms with Gasteiger partial charge in [0, 0.05) is 18.0 Å². The molecule has 0 radical (unpaired) electrons. The van der Waals surface area contributed by atoms with E-state index in [1.165, 1.54) is 17.2 Å². The highest BCUT2D eigenvalue weighted by atomic mass is 35.5. The van der Waals surface area contributed by atoms with Crippen molar-refractivity contribution in [2.24, 2.45) is 0 Å². The van der Waals surface area contributed by atoms with Crippen molar-refractivity contribution >= 4 is 34.1 Å². The molecule has 0 atom stereocenters. The number of nitriles is 1. The summed E-state index contributed by atoms with van der Waals surface area (Å²) < 4.78 is 29.1. The molecular formula is C18H10ClF2N7. The molecule has 1 aromatic carbocycles. The number of pyridine rings is 1. The van der Waals surface area contributed by atoms with Gasteiger partial charge in [-0.15, -0.1) is 0 Å². The molecule has 3 heterocycles. The fourth-order valence-electron chi connectivity index (χ4n) is 2.72. The summed E-state index contributed by atoms with van der Waals surface area (Å²) in [5.74, 6) is -0.540. The molecule has 3 aromatic heterocycles. The van der Waals surface area contributed by atoms with Gasteiger partial charge in [0.15, 0.2) is 5.82 Å². The van der Waals surface area contributed by atoms with E-state index in [4.69, 9.17) is 11.6 Å². The summed E-state index contributed by atoms with van der Waals surface area (Å²) in [5, 5.41) is 16.8. The van der Waals surface area contributed by atoms with Gasteiger partial charge in [0.25, 0.3) is 0 Å². The van der Waals surface area contributed by atoms with Crippen LogP contribution in [0.3, 0.4) is 0 Å². The van der Waals surface area contributed by atoms with Gasteiger partial charge in [-0.1, -0.05) is 11.6 Å². The molecule has 7 nitrogen and oxygen atoms in total. The third-order valence-electron chi connectivity index (χ3n) is 3.93. The Morgan fingerprint density at radius 1 is 1.18 bits per heavy atom. The number of anilines is 2. The molecule has 0 bridgehead atoms. The molecule has 0 fully saturated rings. The molecule has 0 aliphatic heterocycles. The number of nitrogens with zero attached hydrogens (tertiary/aromatic N) is 6. The van der Waals surface area contributed by atoms with Gasteiger partial charge >= 0.3 is 0 Å². The van der Waals surface area contributed by atoms with Gasteiger partial charge in [-0.2, -0.15) is 10.4 Å². The summed E-state index contributed by atoms with van der Waals surface area (Å²) in [6, 6.07) is 5.66. The summed E-state index contributed by atoms with van der Waals surface area (Å²) in [6.07, 6.45) is 3.87. The van der Waals surface area contributed by atoms with Crippen molar-refractivity contribution in [3.05, 3.63) is 64.8 Å². The van der Waals surface area contributed by atoms with Crippen LogP contribution in [0.4, 0.5) is 20.4 Å². The predicted molar refractivity (Wildman–Crippen MR) is 98.6 cm³/mol. The summed E-state index contributed by atoms with van der Waals surface area (Å²) in [6.45, 7) is 1.80. The first-order valence-electron chi connectivity index (χ1n) is 7.95. The molecule has 0 aliphatic rings. The first kappa shape index (κ1) is 17.8. The van der Waals surface area contributed by atoms with Crippen molar-refractivity contribution in [1.82, 2.24) is 24.7 Å². The van der Waals surface area contributed by atoms with Crippen LogP contribution >= 0.6 is 11.6 Å². The number of benzene rings is 1. The Bertz CT molecular complexity index is 1260. The van der Waals surface area contributed by atoms with E-state index in [-0.39, 0.29) is 21.8 Å². The molecule has 1 N–H and O–H groups in total. The highest BCUT2D eigenvalue weighted by Crippen LogP contribution is 2.30. The Hall–Kier alpha value is -3.64. The predicted octanol–water partition coefficient (Wildman–Crippen LogP) is 4.07. The average molecular weight is 398 g/mol. The van der Waals surface area contributed by atoms with Gasteiger partial charge in [-0.25, -0.2) is 28.4 Å². The van der Waals surface area contributed by atoms with Gasteiger partial charge in [0.1, 0.15) is 41.1 Å². The van der Waals surface area contributed by atoms with Crippen LogP contribution in [0.2, 0.25) is 5.02 Å². The number of hydrogen-bond donors (Lipinski definition) is 1. The quantitative estimate of drug-likeness (QED) is 0.560. The SMILES string of the molecule is Cc1cc(Nc2ncc(F)c3nn(-c4c(Cl)cc(F)cc4C#N)cc23)ncn1. The van der Waals surface area contributed by atoms with E-state index in [0.29, 0.717) is 17.0 Å². The van der Waals surface area contributed by atoms with Gasteiger partial charge in [-0.05, 0) is 19.1 Å². The molecule has 138 valence electrons. The van der Waals surface area contributed by atoms with Crippen molar-refractivity contribution in [1.29, 1.82) is 5.26 Å². The van der Waals surface area contributed by atoms with E-state index >= 15 is 0 Å². The molecule has 0 aliphatic carbocycles. The van der Waals surface area contributed by atoms with E-state index < -0.39 is 11.6 Å². The molecule has 0 amide bonds. The van der Waals surface area contributed by atoms with Crippen LogP contribution in [0, 0.1) is 29.9 Å². The molecule has 0 spiro atoms. The fraction of sp³-hybridized carbons (Fsp3) is 0.0556. The maximum atomic E-state index is 14.3. The zero-order chi connectivity index (χ0) is 19.8. The lowest BCUT2D eigenvalue weighted by Crippen LogP contribution is -2.00. The Morgan fingerprint density at radius 3 is 2.75 bits per heavy atom.